The molecule has 0 bridgehead atoms. The third-order valence-electron chi connectivity index (χ3n) is 4.23. The summed E-state index contributed by atoms with van der Waals surface area (Å²) in [5, 5.41) is 26.2. The van der Waals surface area contributed by atoms with E-state index in [0.717, 1.165) is 16.7 Å². The van der Waals surface area contributed by atoms with Gasteiger partial charge in [-0.15, -0.1) is 0 Å². The summed E-state index contributed by atoms with van der Waals surface area (Å²) in [6.45, 7) is 3.98. The van der Waals surface area contributed by atoms with Crippen LogP contribution in [0.2, 0.25) is 5.02 Å². The molecule has 0 aliphatic rings. The molecule has 1 heterocycles. The zero-order valence-electron chi connectivity index (χ0n) is 13.3. The van der Waals surface area contributed by atoms with Crippen molar-refractivity contribution in [1.82, 2.24) is 10.2 Å². The van der Waals surface area contributed by atoms with Crippen LogP contribution in [0.1, 0.15) is 29.9 Å². The van der Waals surface area contributed by atoms with Crippen molar-refractivity contribution in [3.63, 3.8) is 0 Å². The molecule has 5 nitrogen and oxygen atoms in total. The Labute approximate surface area is 143 Å². The van der Waals surface area contributed by atoms with Gasteiger partial charge in [0, 0.05) is 16.4 Å². The first kappa shape index (κ1) is 16.5. The minimum Gasteiger partial charge on any atom is -0.476 e. The first-order valence-corrected chi connectivity index (χ1v) is 7.84. The highest BCUT2D eigenvalue weighted by atomic mass is 35.5. The Morgan fingerprint density at radius 3 is 2.50 bits per heavy atom. The van der Waals surface area contributed by atoms with E-state index in [1.807, 2.05) is 38.1 Å². The number of nitrogens with one attached hydrogen (secondary N) is 1. The molecule has 0 radical (unpaired) electrons. The van der Waals surface area contributed by atoms with Crippen molar-refractivity contribution in [2.75, 3.05) is 6.61 Å². The third-order valence-corrected chi connectivity index (χ3v) is 4.54. The van der Waals surface area contributed by atoms with Gasteiger partial charge >= 0.3 is 5.97 Å². The van der Waals surface area contributed by atoms with E-state index in [-0.39, 0.29) is 17.7 Å². The number of H-pyrrole nitrogens is 1. The SMILES string of the molecule is CC(C)(CO)c1ccc(-c2cc3c(C(=O)O)n[nH]c3cc2Cl)cc1. The molecule has 0 saturated heterocycles. The number of carbonyl (C=O) groups is 1. The van der Waals surface area contributed by atoms with Gasteiger partial charge in [-0.2, -0.15) is 5.10 Å². The Morgan fingerprint density at radius 2 is 1.92 bits per heavy atom. The largest absolute Gasteiger partial charge is 0.476 e. The summed E-state index contributed by atoms with van der Waals surface area (Å²) in [6, 6.07) is 11.1. The Bertz CT molecular complexity index is 914. The molecule has 0 aliphatic heterocycles. The minimum absolute atomic E-state index is 0.0269. The lowest BCUT2D eigenvalue weighted by molar-refractivity contribution is 0.0692. The first-order valence-electron chi connectivity index (χ1n) is 7.46. The van der Waals surface area contributed by atoms with E-state index in [0.29, 0.717) is 15.9 Å². The number of benzene rings is 2. The maximum atomic E-state index is 11.3. The topological polar surface area (TPSA) is 86.2 Å². The highest BCUT2D eigenvalue weighted by Gasteiger charge is 2.20. The van der Waals surface area contributed by atoms with Crippen LogP contribution in [0, 0.1) is 0 Å². The fraction of sp³-hybridized carbons (Fsp3) is 0.222. The molecular weight excluding hydrogens is 328 g/mol. The van der Waals surface area contributed by atoms with Crippen molar-refractivity contribution < 1.29 is 15.0 Å². The number of hydrogen-bond acceptors (Lipinski definition) is 3. The number of aliphatic hydroxyl groups excluding tert-OH is 1. The van der Waals surface area contributed by atoms with Crippen molar-refractivity contribution >= 4 is 28.5 Å². The van der Waals surface area contributed by atoms with E-state index in [9.17, 15) is 15.0 Å². The van der Waals surface area contributed by atoms with E-state index in [4.69, 9.17) is 11.6 Å². The molecule has 6 heteroatoms. The second kappa shape index (κ2) is 5.92. The fourth-order valence-electron chi connectivity index (χ4n) is 2.61. The zero-order chi connectivity index (χ0) is 17.5. The number of halogens is 1. The molecule has 2 aromatic carbocycles. The summed E-state index contributed by atoms with van der Waals surface area (Å²) < 4.78 is 0. The molecule has 124 valence electrons. The molecule has 3 rings (SSSR count). The molecule has 0 aliphatic carbocycles. The number of rotatable bonds is 4. The summed E-state index contributed by atoms with van der Waals surface area (Å²) in [6.07, 6.45) is 0. The van der Waals surface area contributed by atoms with Crippen LogP contribution in [0.15, 0.2) is 36.4 Å². The normalized spacial score (nSPS) is 11.8. The summed E-state index contributed by atoms with van der Waals surface area (Å²) in [7, 11) is 0. The van der Waals surface area contributed by atoms with Crippen LogP contribution in [-0.2, 0) is 5.41 Å². The average Bonchev–Trinajstić information content (AvgIpc) is 2.97. The number of hydrogen-bond donors (Lipinski definition) is 3. The van der Waals surface area contributed by atoms with Crippen molar-refractivity contribution in [1.29, 1.82) is 0 Å². The number of aromatic carboxylic acids is 1. The van der Waals surface area contributed by atoms with Gasteiger partial charge < -0.3 is 10.2 Å². The number of fused-ring (bicyclic) bond motifs is 1. The van der Waals surface area contributed by atoms with E-state index >= 15 is 0 Å². The molecule has 24 heavy (non-hydrogen) atoms. The van der Waals surface area contributed by atoms with Gasteiger partial charge in [-0.1, -0.05) is 49.7 Å². The predicted octanol–water partition coefficient (Wildman–Crippen LogP) is 3.85. The molecule has 1 aromatic heterocycles. The van der Waals surface area contributed by atoms with Gasteiger partial charge in [-0.25, -0.2) is 4.79 Å². The smallest absolute Gasteiger partial charge is 0.357 e. The van der Waals surface area contributed by atoms with Crippen molar-refractivity contribution in [2.24, 2.45) is 0 Å². The summed E-state index contributed by atoms with van der Waals surface area (Å²) in [5.74, 6) is -1.09. The van der Waals surface area contributed by atoms with Crippen LogP contribution in [0.25, 0.3) is 22.0 Å². The summed E-state index contributed by atoms with van der Waals surface area (Å²) in [5.41, 5.74) is 2.85. The Hall–Kier alpha value is -2.37. The summed E-state index contributed by atoms with van der Waals surface area (Å²) in [4.78, 5) is 11.3. The maximum absolute atomic E-state index is 11.3. The number of carboxylic acids is 1. The van der Waals surface area contributed by atoms with Crippen molar-refractivity contribution in [2.45, 2.75) is 19.3 Å². The van der Waals surface area contributed by atoms with Crippen LogP contribution in [0.4, 0.5) is 0 Å². The predicted molar refractivity (Wildman–Crippen MR) is 93.6 cm³/mol. The van der Waals surface area contributed by atoms with Crippen LogP contribution < -0.4 is 0 Å². The van der Waals surface area contributed by atoms with E-state index in [2.05, 4.69) is 10.2 Å². The number of aliphatic hydroxyl groups is 1. The molecule has 0 amide bonds. The second-order valence-electron chi connectivity index (χ2n) is 6.37. The molecule has 0 fully saturated rings. The molecular formula is C18H17ClN2O3. The first-order chi connectivity index (χ1) is 11.3. The molecule has 0 atom stereocenters. The standard InChI is InChI=1S/C18H17ClN2O3/c1-18(2,9-22)11-5-3-10(4-6-11)12-7-13-15(8-14(12)19)20-21-16(13)17(23)24/h3-8,22H,9H2,1-2H3,(H,20,21)(H,23,24). The van der Waals surface area contributed by atoms with Crippen LogP contribution in [0.3, 0.4) is 0 Å². The third kappa shape index (κ3) is 2.77. The molecule has 0 unspecified atom stereocenters. The van der Waals surface area contributed by atoms with E-state index in [1.54, 1.807) is 12.1 Å². The minimum atomic E-state index is -1.09. The number of aromatic amines is 1. The highest BCUT2D eigenvalue weighted by molar-refractivity contribution is 6.34. The van der Waals surface area contributed by atoms with E-state index < -0.39 is 5.97 Å². The van der Waals surface area contributed by atoms with E-state index in [1.165, 1.54) is 0 Å². The van der Waals surface area contributed by atoms with Gasteiger partial charge in [0.05, 0.1) is 17.1 Å². The van der Waals surface area contributed by atoms with Gasteiger partial charge in [-0.05, 0) is 23.3 Å². The Balaban J connectivity index is 2.10. The summed E-state index contributed by atoms with van der Waals surface area (Å²) >= 11 is 6.35. The lowest BCUT2D eigenvalue weighted by Crippen LogP contribution is -2.21. The highest BCUT2D eigenvalue weighted by Crippen LogP contribution is 2.34. The number of aromatic nitrogens is 2. The number of carboxylic acid groups (broad SMARTS) is 1. The van der Waals surface area contributed by atoms with Gasteiger partial charge in [-0.3, -0.25) is 5.10 Å². The monoisotopic (exact) mass is 344 g/mol. The van der Waals surface area contributed by atoms with Gasteiger partial charge in [0.15, 0.2) is 5.69 Å². The molecule has 0 spiro atoms. The molecule has 0 saturated carbocycles. The van der Waals surface area contributed by atoms with Gasteiger partial charge in [0.1, 0.15) is 0 Å². The van der Waals surface area contributed by atoms with Gasteiger partial charge in [0.25, 0.3) is 0 Å². The van der Waals surface area contributed by atoms with Gasteiger partial charge in [0.2, 0.25) is 0 Å². The maximum Gasteiger partial charge on any atom is 0.357 e. The average molecular weight is 345 g/mol. The number of nitrogens with zero attached hydrogens (tertiary/aromatic N) is 1. The lowest BCUT2D eigenvalue weighted by atomic mass is 9.85. The molecule has 3 N–H and O–H groups in total. The van der Waals surface area contributed by atoms with Crippen molar-refractivity contribution in [3.8, 4) is 11.1 Å². The Kier molecular flexibility index (Phi) is 4.07. The van der Waals surface area contributed by atoms with Crippen molar-refractivity contribution in [3.05, 3.63) is 52.7 Å². The zero-order valence-corrected chi connectivity index (χ0v) is 14.1. The van der Waals surface area contributed by atoms with Crippen LogP contribution in [-0.4, -0.2) is 33.0 Å². The lowest BCUT2D eigenvalue weighted by Gasteiger charge is -2.22. The quantitative estimate of drug-likeness (QED) is 0.671. The van der Waals surface area contributed by atoms with Crippen LogP contribution >= 0.6 is 11.6 Å². The second-order valence-corrected chi connectivity index (χ2v) is 6.78. The molecule has 3 aromatic rings. The Morgan fingerprint density at radius 1 is 1.25 bits per heavy atom. The van der Waals surface area contributed by atoms with Crippen LogP contribution in [0.5, 0.6) is 0 Å². The fourth-order valence-corrected chi connectivity index (χ4v) is 2.89.